The number of unbranched alkanes of at least 4 members (excludes halogenated alkanes) is 1. The quantitative estimate of drug-likeness (QED) is 0.816. The Morgan fingerprint density at radius 2 is 1.95 bits per heavy atom. The van der Waals surface area contributed by atoms with Crippen LogP contribution >= 0.6 is 0 Å². The Morgan fingerprint density at radius 1 is 1.20 bits per heavy atom. The van der Waals surface area contributed by atoms with Gasteiger partial charge in [0.1, 0.15) is 0 Å². The van der Waals surface area contributed by atoms with Crippen molar-refractivity contribution in [1.29, 1.82) is 0 Å². The van der Waals surface area contributed by atoms with Gasteiger partial charge in [-0.25, -0.2) is 0 Å². The molecule has 0 aliphatic carbocycles. The predicted molar refractivity (Wildman–Crippen MR) is 68.5 cm³/mol. The molecule has 6 heteroatoms. The number of carboxylic acid groups (broad SMARTS) is 1. The summed E-state index contributed by atoms with van der Waals surface area (Å²) in [5, 5.41) is 9.04. The van der Waals surface area contributed by atoms with Crippen LogP contribution in [0.25, 0.3) is 10.9 Å². The van der Waals surface area contributed by atoms with Crippen LogP contribution in [0.3, 0.4) is 0 Å². The highest BCUT2D eigenvalue weighted by Gasteiger charge is 2.30. The van der Waals surface area contributed by atoms with Gasteiger partial charge in [-0.15, -0.1) is 0 Å². The summed E-state index contributed by atoms with van der Waals surface area (Å²) in [5.74, 6) is -0.837. The summed E-state index contributed by atoms with van der Waals surface area (Å²) in [5.41, 5.74) is 0.817. The molecular formula is C14H14F3NO2. The molecule has 20 heavy (non-hydrogen) atoms. The first kappa shape index (κ1) is 14.4. The number of fused-ring (bicyclic) bond motifs is 1. The summed E-state index contributed by atoms with van der Waals surface area (Å²) in [6.07, 6.45) is -2.36. The van der Waals surface area contributed by atoms with E-state index in [9.17, 15) is 18.0 Å². The average molecular weight is 285 g/mol. The fourth-order valence-electron chi connectivity index (χ4n) is 2.10. The molecule has 0 bridgehead atoms. The lowest BCUT2D eigenvalue weighted by Gasteiger charge is -2.05. The van der Waals surface area contributed by atoms with Crippen LogP contribution in [0.15, 0.2) is 24.3 Å². The molecule has 0 saturated carbocycles. The van der Waals surface area contributed by atoms with Gasteiger partial charge in [0, 0.05) is 23.0 Å². The number of hydrogen-bond acceptors (Lipinski definition) is 1. The number of hydrogen-bond donors (Lipinski definition) is 2. The van der Waals surface area contributed by atoms with E-state index in [2.05, 4.69) is 4.98 Å². The van der Waals surface area contributed by atoms with Gasteiger partial charge < -0.3 is 10.1 Å². The maximum absolute atomic E-state index is 12.6. The standard InChI is InChI=1S/C14H14F3NO2/c15-14(16,17)10-5-6-12-9(7-10)8-11(18-12)3-1-2-4-13(19)20/h5-8,18H,1-4H2,(H,19,20). The van der Waals surface area contributed by atoms with Crippen LogP contribution in [-0.2, 0) is 17.4 Å². The molecule has 0 amide bonds. The lowest BCUT2D eigenvalue weighted by atomic mass is 10.1. The Balaban J connectivity index is 2.07. The van der Waals surface area contributed by atoms with Crippen LogP contribution in [0.2, 0.25) is 0 Å². The van der Waals surface area contributed by atoms with Crippen molar-refractivity contribution in [3.05, 3.63) is 35.5 Å². The van der Waals surface area contributed by atoms with Crippen molar-refractivity contribution >= 4 is 16.9 Å². The fourth-order valence-corrected chi connectivity index (χ4v) is 2.10. The molecular weight excluding hydrogens is 271 g/mol. The molecule has 0 spiro atoms. The maximum atomic E-state index is 12.6. The molecule has 2 aromatic rings. The first-order chi connectivity index (χ1) is 9.36. The fraction of sp³-hybridized carbons (Fsp3) is 0.357. The molecule has 0 aliphatic rings. The van der Waals surface area contributed by atoms with Gasteiger partial charge in [-0.2, -0.15) is 13.2 Å². The summed E-state index contributed by atoms with van der Waals surface area (Å²) >= 11 is 0. The van der Waals surface area contributed by atoms with Crippen LogP contribution < -0.4 is 0 Å². The number of nitrogens with one attached hydrogen (secondary N) is 1. The SMILES string of the molecule is O=C(O)CCCCc1cc2cc(C(F)(F)F)ccc2[nH]1. The summed E-state index contributed by atoms with van der Waals surface area (Å²) in [4.78, 5) is 13.4. The van der Waals surface area contributed by atoms with Crippen molar-refractivity contribution in [2.75, 3.05) is 0 Å². The van der Waals surface area contributed by atoms with E-state index in [4.69, 9.17) is 5.11 Å². The van der Waals surface area contributed by atoms with Gasteiger partial charge in [0.15, 0.2) is 0 Å². The van der Waals surface area contributed by atoms with Crippen LogP contribution in [0.4, 0.5) is 13.2 Å². The third-order valence-electron chi connectivity index (χ3n) is 3.09. The molecule has 1 heterocycles. The largest absolute Gasteiger partial charge is 0.481 e. The second kappa shape index (κ2) is 5.56. The molecule has 0 unspecified atom stereocenters. The number of aromatic nitrogens is 1. The molecule has 1 aromatic carbocycles. The summed E-state index contributed by atoms with van der Waals surface area (Å²) in [6, 6.07) is 5.27. The molecule has 2 N–H and O–H groups in total. The van der Waals surface area contributed by atoms with Crippen LogP contribution in [0, 0.1) is 0 Å². The molecule has 0 saturated heterocycles. The highest BCUT2D eigenvalue weighted by atomic mass is 19.4. The number of carboxylic acids is 1. The van der Waals surface area contributed by atoms with Crippen LogP contribution in [0.1, 0.15) is 30.5 Å². The number of aliphatic carboxylic acids is 1. The average Bonchev–Trinajstić information content (AvgIpc) is 2.74. The van der Waals surface area contributed by atoms with Gasteiger partial charge in [-0.1, -0.05) is 0 Å². The molecule has 1 aromatic heterocycles. The number of alkyl halides is 3. The van der Waals surface area contributed by atoms with Crippen molar-refractivity contribution < 1.29 is 23.1 Å². The zero-order valence-electron chi connectivity index (χ0n) is 10.6. The number of halogens is 3. The van der Waals surface area contributed by atoms with E-state index in [1.807, 2.05) is 0 Å². The van der Waals surface area contributed by atoms with Gasteiger partial charge in [0.25, 0.3) is 0 Å². The minimum atomic E-state index is -4.34. The smallest absolute Gasteiger partial charge is 0.416 e. The van der Waals surface area contributed by atoms with E-state index in [-0.39, 0.29) is 6.42 Å². The second-order valence-corrected chi connectivity index (χ2v) is 4.70. The molecule has 0 fully saturated rings. The highest BCUT2D eigenvalue weighted by Crippen LogP contribution is 2.31. The van der Waals surface area contributed by atoms with Crippen molar-refractivity contribution in [2.45, 2.75) is 31.9 Å². The van der Waals surface area contributed by atoms with E-state index in [1.165, 1.54) is 6.07 Å². The van der Waals surface area contributed by atoms with Gasteiger partial charge in [0.05, 0.1) is 5.56 Å². The molecule has 0 atom stereocenters. The lowest BCUT2D eigenvalue weighted by Crippen LogP contribution is -2.03. The van der Waals surface area contributed by atoms with Crippen molar-refractivity contribution in [3.8, 4) is 0 Å². The first-order valence-electron chi connectivity index (χ1n) is 6.27. The van der Waals surface area contributed by atoms with E-state index in [0.717, 1.165) is 17.8 Å². The Bertz CT molecular complexity index is 616. The topological polar surface area (TPSA) is 53.1 Å². The Morgan fingerprint density at radius 3 is 2.60 bits per heavy atom. The zero-order valence-corrected chi connectivity index (χ0v) is 10.6. The molecule has 0 radical (unpaired) electrons. The second-order valence-electron chi connectivity index (χ2n) is 4.70. The Kier molecular flexibility index (Phi) is 4.01. The monoisotopic (exact) mass is 285 g/mol. The zero-order chi connectivity index (χ0) is 14.8. The third-order valence-corrected chi connectivity index (χ3v) is 3.09. The molecule has 108 valence electrons. The van der Waals surface area contributed by atoms with Crippen molar-refractivity contribution in [1.82, 2.24) is 4.98 Å². The number of H-pyrrole nitrogens is 1. The number of carbonyl (C=O) groups is 1. The van der Waals surface area contributed by atoms with E-state index < -0.39 is 17.7 Å². The van der Waals surface area contributed by atoms with Crippen LogP contribution in [-0.4, -0.2) is 16.1 Å². The summed E-state index contributed by atoms with van der Waals surface area (Å²) < 4.78 is 37.7. The van der Waals surface area contributed by atoms with Crippen molar-refractivity contribution in [3.63, 3.8) is 0 Å². The minimum Gasteiger partial charge on any atom is -0.481 e. The van der Waals surface area contributed by atoms with E-state index >= 15 is 0 Å². The molecule has 2 rings (SSSR count). The van der Waals surface area contributed by atoms with Gasteiger partial charge >= 0.3 is 12.1 Å². The van der Waals surface area contributed by atoms with E-state index in [0.29, 0.717) is 30.2 Å². The number of aromatic amines is 1. The Labute approximate surface area is 113 Å². The summed E-state index contributed by atoms with van der Waals surface area (Å²) in [6.45, 7) is 0. The number of benzene rings is 1. The predicted octanol–water partition coefficient (Wildman–Crippen LogP) is 3.98. The maximum Gasteiger partial charge on any atom is 0.416 e. The normalized spacial score (nSPS) is 11.9. The third kappa shape index (κ3) is 3.53. The molecule has 3 nitrogen and oxygen atoms in total. The number of rotatable bonds is 5. The van der Waals surface area contributed by atoms with Crippen molar-refractivity contribution in [2.24, 2.45) is 0 Å². The number of aryl methyl sites for hydroxylation is 1. The first-order valence-corrected chi connectivity index (χ1v) is 6.27. The van der Waals surface area contributed by atoms with Crippen LogP contribution in [0.5, 0.6) is 0 Å². The molecule has 0 aliphatic heterocycles. The van der Waals surface area contributed by atoms with Gasteiger partial charge in [-0.3, -0.25) is 4.79 Å². The van der Waals surface area contributed by atoms with E-state index in [1.54, 1.807) is 6.07 Å². The highest BCUT2D eigenvalue weighted by molar-refractivity contribution is 5.81. The lowest BCUT2D eigenvalue weighted by molar-refractivity contribution is -0.138. The minimum absolute atomic E-state index is 0.110. The van der Waals surface area contributed by atoms with Gasteiger partial charge in [-0.05, 0) is 43.5 Å². The Hall–Kier alpha value is -1.98. The van der Waals surface area contributed by atoms with Gasteiger partial charge in [0.2, 0.25) is 0 Å². The summed E-state index contributed by atoms with van der Waals surface area (Å²) in [7, 11) is 0.